The molecule has 2 rings (SSSR count). The summed E-state index contributed by atoms with van der Waals surface area (Å²) in [6.07, 6.45) is 8.70. The first-order valence-electron chi connectivity index (χ1n) is 9.57. The molecule has 3 atom stereocenters. The van der Waals surface area contributed by atoms with Crippen molar-refractivity contribution >= 4 is 11.8 Å². The number of allylic oxidation sites excluding steroid dienone is 1. The van der Waals surface area contributed by atoms with Crippen molar-refractivity contribution in [1.29, 1.82) is 0 Å². The van der Waals surface area contributed by atoms with Crippen LogP contribution in [0.5, 0.6) is 0 Å². The summed E-state index contributed by atoms with van der Waals surface area (Å²) in [5.74, 6) is 0.945. The molecule has 0 aliphatic heterocycles. The molecule has 0 aromatic carbocycles. The predicted molar refractivity (Wildman–Crippen MR) is 96.6 cm³/mol. The van der Waals surface area contributed by atoms with Crippen LogP contribution in [-0.4, -0.2) is 18.4 Å². The number of carbonyl (C=O) groups excluding carboxylic acids is 2. The number of hydrogen-bond acceptors (Lipinski definition) is 3. The first-order valence-corrected chi connectivity index (χ1v) is 9.57. The van der Waals surface area contributed by atoms with Crippen molar-refractivity contribution < 1.29 is 14.3 Å². The van der Waals surface area contributed by atoms with E-state index < -0.39 is 0 Å². The molecule has 136 valence electrons. The molecule has 2 fully saturated rings. The summed E-state index contributed by atoms with van der Waals surface area (Å²) in [4.78, 5) is 24.3. The first-order chi connectivity index (χ1) is 11.2. The number of hydrogen-bond donors (Lipinski definition) is 0. The summed E-state index contributed by atoms with van der Waals surface area (Å²) in [6, 6.07) is 0. The van der Waals surface area contributed by atoms with Crippen molar-refractivity contribution in [2.75, 3.05) is 6.61 Å². The van der Waals surface area contributed by atoms with Gasteiger partial charge in [-0.3, -0.25) is 4.79 Å². The van der Waals surface area contributed by atoms with E-state index in [4.69, 9.17) is 4.74 Å². The molecule has 0 aromatic heterocycles. The highest BCUT2D eigenvalue weighted by molar-refractivity contribution is 5.83. The molecule has 0 radical (unpaired) electrons. The van der Waals surface area contributed by atoms with Gasteiger partial charge in [0.1, 0.15) is 5.78 Å². The second-order valence-electron chi connectivity index (χ2n) is 8.74. The summed E-state index contributed by atoms with van der Waals surface area (Å²) in [6.45, 7) is 11.3. The molecule has 0 N–H and O–H groups in total. The molecule has 3 heteroatoms. The second-order valence-corrected chi connectivity index (χ2v) is 8.74. The van der Waals surface area contributed by atoms with Gasteiger partial charge < -0.3 is 4.74 Å². The van der Waals surface area contributed by atoms with Crippen LogP contribution in [0.1, 0.15) is 79.6 Å². The fraction of sp³-hybridized carbons (Fsp3) is 0.810. The van der Waals surface area contributed by atoms with Gasteiger partial charge in [0.05, 0.1) is 6.61 Å². The van der Waals surface area contributed by atoms with E-state index >= 15 is 0 Å². The van der Waals surface area contributed by atoms with Crippen LogP contribution in [0.3, 0.4) is 0 Å². The van der Waals surface area contributed by atoms with Gasteiger partial charge in [-0.15, -0.1) is 0 Å². The van der Waals surface area contributed by atoms with E-state index in [2.05, 4.69) is 20.8 Å². The fourth-order valence-electron chi connectivity index (χ4n) is 5.45. The third-order valence-electron chi connectivity index (χ3n) is 6.62. The van der Waals surface area contributed by atoms with Crippen molar-refractivity contribution in [3.8, 4) is 0 Å². The fourth-order valence-corrected chi connectivity index (χ4v) is 5.45. The topological polar surface area (TPSA) is 43.4 Å². The Labute approximate surface area is 147 Å². The molecular formula is C21H34O3. The summed E-state index contributed by atoms with van der Waals surface area (Å²) in [5, 5.41) is 0. The highest BCUT2D eigenvalue weighted by atomic mass is 16.5. The Balaban J connectivity index is 2.10. The van der Waals surface area contributed by atoms with Gasteiger partial charge in [-0.2, -0.15) is 0 Å². The van der Waals surface area contributed by atoms with E-state index in [0.29, 0.717) is 23.7 Å². The van der Waals surface area contributed by atoms with Crippen LogP contribution in [0, 0.1) is 22.7 Å². The molecule has 0 aromatic rings. The Morgan fingerprint density at radius 3 is 2.67 bits per heavy atom. The highest BCUT2D eigenvalue weighted by Gasteiger charge is 2.54. The van der Waals surface area contributed by atoms with Crippen molar-refractivity contribution in [3.63, 3.8) is 0 Å². The maximum atomic E-state index is 12.7. The van der Waals surface area contributed by atoms with E-state index in [1.54, 1.807) is 6.08 Å². The summed E-state index contributed by atoms with van der Waals surface area (Å²) in [7, 11) is 0. The van der Waals surface area contributed by atoms with Crippen molar-refractivity contribution in [2.24, 2.45) is 22.7 Å². The van der Waals surface area contributed by atoms with Gasteiger partial charge in [-0.25, -0.2) is 4.79 Å². The molecule has 2 aliphatic rings. The highest BCUT2D eigenvalue weighted by Crippen LogP contribution is 2.59. The maximum absolute atomic E-state index is 12.7. The molecule has 0 amide bonds. The molecule has 3 nitrogen and oxygen atoms in total. The van der Waals surface area contributed by atoms with Crippen LogP contribution in [0.4, 0.5) is 0 Å². The van der Waals surface area contributed by atoms with Crippen LogP contribution in [0.2, 0.25) is 0 Å². The normalized spacial score (nSPS) is 33.0. The lowest BCUT2D eigenvalue weighted by atomic mass is 9.47. The quantitative estimate of drug-likeness (QED) is 0.519. The number of esters is 1. The summed E-state index contributed by atoms with van der Waals surface area (Å²) < 4.78 is 4.98. The van der Waals surface area contributed by atoms with Crippen molar-refractivity contribution in [3.05, 3.63) is 11.6 Å². The van der Waals surface area contributed by atoms with Gasteiger partial charge in [0.15, 0.2) is 0 Å². The molecule has 0 bridgehead atoms. The van der Waals surface area contributed by atoms with Crippen LogP contribution < -0.4 is 0 Å². The monoisotopic (exact) mass is 334 g/mol. The van der Waals surface area contributed by atoms with E-state index in [-0.39, 0.29) is 17.3 Å². The first kappa shape index (κ1) is 19.2. The Morgan fingerprint density at radius 2 is 2.00 bits per heavy atom. The number of ketones is 1. The third-order valence-corrected chi connectivity index (χ3v) is 6.62. The Hall–Kier alpha value is -1.12. The lowest BCUT2D eigenvalue weighted by Crippen LogP contribution is -2.51. The van der Waals surface area contributed by atoms with Gasteiger partial charge >= 0.3 is 5.97 Å². The minimum atomic E-state index is -0.271. The zero-order chi connectivity index (χ0) is 18.0. The third kappa shape index (κ3) is 3.92. The molecule has 24 heavy (non-hydrogen) atoms. The Morgan fingerprint density at radius 1 is 1.29 bits per heavy atom. The standard InChI is InChI=1S/C21H34O3/c1-6-24-19(23)14-15(2)8-9-16-17(22)10-11-18-20(3,4)12-7-13-21(16,18)5/h14,16,18H,6-13H2,1-5H3/b15-14+/t16-,18-,21+/m0/s1. The number of rotatable bonds is 5. The van der Waals surface area contributed by atoms with Gasteiger partial charge in [-0.05, 0) is 62.7 Å². The zero-order valence-electron chi connectivity index (χ0n) is 16.1. The van der Waals surface area contributed by atoms with Gasteiger partial charge in [-0.1, -0.05) is 32.8 Å². The number of Topliss-reactive ketones (excluding diaryl/α,β-unsaturated/α-hetero) is 1. The summed E-state index contributed by atoms with van der Waals surface area (Å²) in [5.41, 5.74) is 1.48. The summed E-state index contributed by atoms with van der Waals surface area (Å²) >= 11 is 0. The molecule has 0 heterocycles. The lowest BCUT2D eigenvalue weighted by Gasteiger charge is -2.56. The molecule has 0 spiro atoms. The van der Waals surface area contributed by atoms with Crippen molar-refractivity contribution in [2.45, 2.75) is 79.6 Å². The van der Waals surface area contributed by atoms with Gasteiger partial charge in [0.25, 0.3) is 0 Å². The van der Waals surface area contributed by atoms with E-state index in [0.717, 1.165) is 37.7 Å². The van der Waals surface area contributed by atoms with E-state index in [9.17, 15) is 9.59 Å². The predicted octanol–water partition coefficient (Wildman–Crippen LogP) is 5.09. The lowest BCUT2D eigenvalue weighted by molar-refractivity contribution is -0.143. The van der Waals surface area contributed by atoms with Crippen LogP contribution >= 0.6 is 0 Å². The van der Waals surface area contributed by atoms with E-state index in [1.165, 1.54) is 12.8 Å². The number of ether oxygens (including phenoxy) is 1. The average molecular weight is 335 g/mol. The SMILES string of the molecule is CCOC(=O)/C=C(\C)CC[C@H]1C(=O)CC[C@H]2C(C)(C)CCC[C@]12C. The maximum Gasteiger partial charge on any atom is 0.330 e. The number of carbonyl (C=O) groups is 2. The van der Waals surface area contributed by atoms with Crippen molar-refractivity contribution in [1.82, 2.24) is 0 Å². The zero-order valence-corrected chi connectivity index (χ0v) is 16.1. The number of fused-ring (bicyclic) bond motifs is 1. The average Bonchev–Trinajstić information content (AvgIpc) is 2.45. The second kappa shape index (κ2) is 7.41. The molecular weight excluding hydrogens is 300 g/mol. The largest absolute Gasteiger partial charge is 0.463 e. The van der Waals surface area contributed by atoms with Gasteiger partial charge in [0.2, 0.25) is 0 Å². The Kier molecular flexibility index (Phi) is 5.93. The van der Waals surface area contributed by atoms with Crippen LogP contribution in [0.25, 0.3) is 0 Å². The molecule has 0 saturated heterocycles. The van der Waals surface area contributed by atoms with Crippen LogP contribution in [-0.2, 0) is 14.3 Å². The Bertz CT molecular complexity index is 517. The minimum Gasteiger partial charge on any atom is -0.463 e. The minimum absolute atomic E-state index is 0.126. The molecule has 2 saturated carbocycles. The van der Waals surface area contributed by atoms with Crippen LogP contribution in [0.15, 0.2) is 11.6 Å². The van der Waals surface area contributed by atoms with E-state index in [1.807, 2.05) is 13.8 Å². The van der Waals surface area contributed by atoms with Gasteiger partial charge in [0, 0.05) is 18.4 Å². The molecule has 2 aliphatic carbocycles. The molecule has 0 unspecified atom stereocenters. The smallest absolute Gasteiger partial charge is 0.330 e.